The number of rotatable bonds is 2. The van der Waals surface area contributed by atoms with Crippen LogP contribution in [0.5, 0.6) is 0 Å². The van der Waals surface area contributed by atoms with Crippen LogP contribution >= 0.6 is 0 Å². The van der Waals surface area contributed by atoms with Gasteiger partial charge >= 0.3 is 6.03 Å². The average Bonchev–Trinajstić information content (AvgIpc) is 3.16. The molecule has 2 amide bonds. The van der Waals surface area contributed by atoms with Crippen LogP contribution in [-0.2, 0) is 11.3 Å². The highest BCUT2D eigenvalue weighted by Gasteiger charge is 2.53. The van der Waals surface area contributed by atoms with E-state index in [0.29, 0.717) is 0 Å². The number of ether oxygens (including phenoxy) is 1. The van der Waals surface area contributed by atoms with Gasteiger partial charge in [0.15, 0.2) is 0 Å². The molecular formula is C17H26N4O2. The van der Waals surface area contributed by atoms with E-state index in [0.717, 1.165) is 51.1 Å². The topological polar surface area (TPSA) is 59.4 Å². The number of likely N-dealkylation sites (tertiary alicyclic amines) is 1. The molecule has 4 rings (SSSR count). The Hall–Kier alpha value is -1.56. The zero-order valence-electron chi connectivity index (χ0n) is 14.0. The van der Waals surface area contributed by atoms with Crippen molar-refractivity contribution in [2.75, 3.05) is 13.2 Å². The third-order valence-corrected chi connectivity index (χ3v) is 5.56. The first-order chi connectivity index (χ1) is 11.1. The van der Waals surface area contributed by atoms with Crippen LogP contribution in [-0.4, -0.2) is 46.0 Å². The molecule has 0 radical (unpaired) electrons. The van der Waals surface area contributed by atoms with Crippen molar-refractivity contribution in [3.63, 3.8) is 0 Å². The van der Waals surface area contributed by atoms with Gasteiger partial charge in [-0.25, -0.2) is 4.79 Å². The lowest BCUT2D eigenvalue weighted by Gasteiger charge is -2.56. The van der Waals surface area contributed by atoms with E-state index in [1.54, 1.807) is 0 Å². The second-order valence-corrected chi connectivity index (χ2v) is 7.74. The van der Waals surface area contributed by atoms with Gasteiger partial charge in [-0.3, -0.25) is 4.68 Å². The Bertz CT molecular complexity index is 591. The molecule has 1 aromatic heterocycles. The summed E-state index contributed by atoms with van der Waals surface area (Å²) in [6.45, 7) is 7.05. The number of aryl methyl sites for hydroxylation is 1. The largest absolute Gasteiger partial charge is 0.376 e. The molecule has 2 saturated heterocycles. The lowest BCUT2D eigenvalue weighted by molar-refractivity contribution is -0.0915. The number of carbonyl (C=O) groups excluding carboxylic acids is 1. The first-order valence-electron chi connectivity index (χ1n) is 8.77. The number of hydrogen-bond acceptors (Lipinski definition) is 3. The average molecular weight is 318 g/mol. The number of fused-ring (bicyclic) bond motifs is 1. The van der Waals surface area contributed by atoms with Crippen molar-refractivity contribution < 1.29 is 9.53 Å². The van der Waals surface area contributed by atoms with Crippen molar-refractivity contribution in [1.29, 1.82) is 0 Å². The van der Waals surface area contributed by atoms with Gasteiger partial charge < -0.3 is 15.0 Å². The summed E-state index contributed by atoms with van der Waals surface area (Å²) in [5.41, 5.74) is 1.26. The van der Waals surface area contributed by atoms with Crippen molar-refractivity contribution in [2.24, 2.45) is 5.41 Å². The standard InChI is InChI=1S/C17H26N4O2/c1-17(2)11-20(15(17)14-6-4-10-23-14)16(22)19-12-5-3-9-21-13(12)7-8-18-21/h7-8,12,14-15H,3-6,9-11H2,1-2H3,(H,19,22). The van der Waals surface area contributed by atoms with E-state index in [9.17, 15) is 4.79 Å². The Morgan fingerprint density at radius 3 is 3.00 bits per heavy atom. The lowest BCUT2D eigenvalue weighted by Crippen LogP contribution is -2.69. The summed E-state index contributed by atoms with van der Waals surface area (Å²) in [6.07, 6.45) is 6.23. The Kier molecular flexibility index (Phi) is 3.59. The third-order valence-electron chi connectivity index (χ3n) is 5.56. The van der Waals surface area contributed by atoms with Crippen molar-refractivity contribution in [3.8, 4) is 0 Å². The number of urea groups is 1. The number of nitrogens with zero attached hydrogens (tertiary/aromatic N) is 3. The first-order valence-corrected chi connectivity index (χ1v) is 8.77. The number of nitrogens with one attached hydrogen (secondary N) is 1. The Balaban J connectivity index is 1.45. The molecule has 3 aliphatic rings. The molecule has 0 aromatic carbocycles. The molecule has 3 aliphatic heterocycles. The van der Waals surface area contributed by atoms with Crippen LogP contribution in [0.4, 0.5) is 4.79 Å². The third kappa shape index (κ3) is 2.53. The molecule has 1 aromatic rings. The molecule has 2 fully saturated rings. The number of amides is 2. The maximum atomic E-state index is 12.8. The van der Waals surface area contributed by atoms with Crippen LogP contribution in [0.2, 0.25) is 0 Å². The van der Waals surface area contributed by atoms with Gasteiger partial charge in [-0.2, -0.15) is 5.10 Å². The molecule has 0 aliphatic carbocycles. The summed E-state index contributed by atoms with van der Waals surface area (Å²) in [7, 11) is 0. The second-order valence-electron chi connectivity index (χ2n) is 7.74. The summed E-state index contributed by atoms with van der Waals surface area (Å²) < 4.78 is 7.88. The van der Waals surface area contributed by atoms with Gasteiger partial charge in [-0.1, -0.05) is 13.8 Å². The van der Waals surface area contributed by atoms with E-state index >= 15 is 0 Å². The molecule has 0 saturated carbocycles. The first kappa shape index (κ1) is 15.0. The Morgan fingerprint density at radius 1 is 1.39 bits per heavy atom. The number of carbonyl (C=O) groups is 1. The minimum atomic E-state index is 0.0458. The molecule has 23 heavy (non-hydrogen) atoms. The Morgan fingerprint density at radius 2 is 2.26 bits per heavy atom. The SMILES string of the molecule is CC1(C)CN(C(=O)NC2CCCn3nccc32)C1C1CCCO1. The molecule has 4 heterocycles. The van der Waals surface area contributed by atoms with Gasteiger partial charge in [-0.15, -0.1) is 0 Å². The van der Waals surface area contributed by atoms with Crippen LogP contribution in [0.25, 0.3) is 0 Å². The van der Waals surface area contributed by atoms with E-state index in [4.69, 9.17) is 4.74 Å². The highest BCUT2D eigenvalue weighted by atomic mass is 16.5. The van der Waals surface area contributed by atoms with Gasteiger partial charge in [0.1, 0.15) is 0 Å². The molecule has 6 heteroatoms. The monoisotopic (exact) mass is 318 g/mol. The van der Waals surface area contributed by atoms with Crippen molar-refractivity contribution in [2.45, 2.75) is 64.3 Å². The van der Waals surface area contributed by atoms with Crippen molar-refractivity contribution in [1.82, 2.24) is 20.0 Å². The zero-order valence-corrected chi connectivity index (χ0v) is 14.0. The van der Waals surface area contributed by atoms with Crippen molar-refractivity contribution in [3.05, 3.63) is 18.0 Å². The van der Waals surface area contributed by atoms with Gasteiger partial charge in [0.25, 0.3) is 0 Å². The van der Waals surface area contributed by atoms with Crippen LogP contribution in [0.1, 0.15) is 51.3 Å². The maximum absolute atomic E-state index is 12.8. The van der Waals surface area contributed by atoms with Gasteiger partial charge in [0.05, 0.1) is 23.9 Å². The fraction of sp³-hybridized carbons (Fsp3) is 0.765. The summed E-state index contributed by atoms with van der Waals surface area (Å²) >= 11 is 0. The predicted octanol–water partition coefficient (Wildman–Crippen LogP) is 2.32. The van der Waals surface area contributed by atoms with Gasteiger partial charge in [0.2, 0.25) is 0 Å². The van der Waals surface area contributed by atoms with E-state index in [1.807, 2.05) is 21.8 Å². The fourth-order valence-electron chi connectivity index (χ4n) is 4.49. The fourth-order valence-corrected chi connectivity index (χ4v) is 4.49. The minimum Gasteiger partial charge on any atom is -0.376 e. The van der Waals surface area contributed by atoms with Crippen LogP contribution in [0.15, 0.2) is 12.3 Å². The van der Waals surface area contributed by atoms with Crippen LogP contribution in [0, 0.1) is 5.41 Å². The summed E-state index contributed by atoms with van der Waals surface area (Å²) in [6, 6.07) is 2.33. The zero-order chi connectivity index (χ0) is 16.0. The predicted molar refractivity (Wildman–Crippen MR) is 86.0 cm³/mol. The minimum absolute atomic E-state index is 0.0458. The highest BCUT2D eigenvalue weighted by Crippen LogP contribution is 2.42. The molecule has 126 valence electrons. The summed E-state index contributed by atoms with van der Waals surface area (Å²) in [4.78, 5) is 14.8. The molecule has 6 nitrogen and oxygen atoms in total. The highest BCUT2D eigenvalue weighted by molar-refractivity contribution is 5.76. The molecular weight excluding hydrogens is 292 g/mol. The molecule has 0 bridgehead atoms. The second kappa shape index (κ2) is 5.51. The normalized spacial score (nSPS) is 32.3. The van der Waals surface area contributed by atoms with E-state index in [1.165, 1.54) is 0 Å². The van der Waals surface area contributed by atoms with Gasteiger partial charge in [-0.05, 0) is 31.7 Å². The Labute approximate surface area is 137 Å². The van der Waals surface area contributed by atoms with Crippen LogP contribution in [0.3, 0.4) is 0 Å². The van der Waals surface area contributed by atoms with Crippen LogP contribution < -0.4 is 5.32 Å². The number of hydrogen-bond donors (Lipinski definition) is 1. The molecule has 0 spiro atoms. The molecule has 3 atom stereocenters. The lowest BCUT2D eigenvalue weighted by atomic mass is 9.72. The number of aromatic nitrogens is 2. The van der Waals surface area contributed by atoms with Gasteiger partial charge in [0, 0.05) is 31.3 Å². The van der Waals surface area contributed by atoms with E-state index in [-0.39, 0.29) is 29.6 Å². The van der Waals surface area contributed by atoms with E-state index < -0.39 is 0 Å². The summed E-state index contributed by atoms with van der Waals surface area (Å²) in [5, 5.41) is 7.55. The van der Waals surface area contributed by atoms with Crippen molar-refractivity contribution >= 4 is 6.03 Å². The summed E-state index contributed by atoms with van der Waals surface area (Å²) in [5.74, 6) is 0. The van der Waals surface area contributed by atoms with E-state index in [2.05, 4.69) is 24.3 Å². The maximum Gasteiger partial charge on any atom is 0.318 e. The molecule has 1 N–H and O–H groups in total. The smallest absolute Gasteiger partial charge is 0.318 e. The molecule has 3 unspecified atom stereocenters. The quantitative estimate of drug-likeness (QED) is 0.910.